The predicted molar refractivity (Wildman–Crippen MR) is 130 cm³/mol. The molecule has 0 saturated carbocycles. The fourth-order valence-corrected chi connectivity index (χ4v) is 5.85. The van der Waals surface area contributed by atoms with Crippen LogP contribution in [-0.4, -0.2) is 41.4 Å². The minimum Gasteiger partial charge on any atom is -0.327 e. The third kappa shape index (κ3) is 3.42. The highest BCUT2D eigenvalue weighted by Crippen LogP contribution is 2.45. The van der Waals surface area contributed by atoms with Gasteiger partial charge < -0.3 is 4.90 Å². The molecule has 9 heteroatoms. The lowest BCUT2D eigenvalue weighted by molar-refractivity contribution is 0.0392. The van der Waals surface area contributed by atoms with Gasteiger partial charge in [-0.25, -0.2) is 0 Å². The summed E-state index contributed by atoms with van der Waals surface area (Å²) in [7, 11) is 1.96. The lowest BCUT2D eigenvalue weighted by atomic mass is 9.81. The predicted octanol–water partition coefficient (Wildman–Crippen LogP) is 5.27. The maximum absolute atomic E-state index is 13.9. The van der Waals surface area contributed by atoms with Crippen molar-refractivity contribution >= 4 is 29.1 Å². The van der Waals surface area contributed by atoms with E-state index in [1.54, 1.807) is 23.3 Å². The second kappa shape index (κ2) is 8.25. The molecule has 1 fully saturated rings. The first kappa shape index (κ1) is 21.4. The molecule has 1 amide bonds. The minimum absolute atomic E-state index is 0.0600. The molecule has 0 aliphatic carbocycles. The van der Waals surface area contributed by atoms with Crippen LogP contribution in [0.1, 0.15) is 46.9 Å². The van der Waals surface area contributed by atoms with Gasteiger partial charge in [0.15, 0.2) is 0 Å². The first-order chi connectivity index (χ1) is 16.5. The molecule has 7 nitrogen and oxygen atoms in total. The van der Waals surface area contributed by atoms with Gasteiger partial charge in [0.2, 0.25) is 0 Å². The molecule has 0 spiro atoms. The highest BCUT2D eigenvalue weighted by Gasteiger charge is 2.43. The van der Waals surface area contributed by atoms with Crippen LogP contribution in [-0.2, 0) is 13.5 Å². The number of aromatic nitrogens is 5. The van der Waals surface area contributed by atoms with Crippen molar-refractivity contribution in [2.45, 2.75) is 37.8 Å². The molecule has 4 aromatic rings. The largest absolute Gasteiger partial charge is 0.327 e. The van der Waals surface area contributed by atoms with E-state index in [0.29, 0.717) is 15.6 Å². The topological polar surface area (TPSA) is 68.8 Å². The van der Waals surface area contributed by atoms with E-state index in [0.717, 1.165) is 48.3 Å². The van der Waals surface area contributed by atoms with Crippen LogP contribution in [0.4, 0.5) is 0 Å². The lowest BCUT2D eigenvalue weighted by Gasteiger charge is -2.45. The molecule has 2 aromatic carbocycles. The van der Waals surface area contributed by atoms with E-state index in [-0.39, 0.29) is 18.0 Å². The van der Waals surface area contributed by atoms with Crippen molar-refractivity contribution in [2.75, 3.05) is 0 Å². The Bertz CT molecular complexity index is 1400. The van der Waals surface area contributed by atoms with Crippen molar-refractivity contribution in [1.82, 2.24) is 29.4 Å². The van der Waals surface area contributed by atoms with Gasteiger partial charge in [0, 0.05) is 34.9 Å². The van der Waals surface area contributed by atoms with Crippen LogP contribution in [0, 0.1) is 0 Å². The van der Waals surface area contributed by atoms with E-state index in [2.05, 4.69) is 16.3 Å². The number of fused-ring (bicyclic) bond motifs is 4. The van der Waals surface area contributed by atoms with Crippen LogP contribution < -0.4 is 0 Å². The van der Waals surface area contributed by atoms with Gasteiger partial charge in [0.1, 0.15) is 12.7 Å². The average Bonchev–Trinajstić information content (AvgIpc) is 3.47. The zero-order valence-corrected chi connectivity index (χ0v) is 20.0. The summed E-state index contributed by atoms with van der Waals surface area (Å²) in [5.41, 5.74) is 5.60. The fourth-order valence-electron chi connectivity index (χ4n) is 5.46. The number of hydrogen-bond donors (Lipinski definition) is 0. The van der Waals surface area contributed by atoms with Crippen LogP contribution in [0.5, 0.6) is 0 Å². The Morgan fingerprint density at radius 1 is 1.06 bits per heavy atom. The molecule has 2 aliphatic heterocycles. The number of hydrogen-bond acceptors (Lipinski definition) is 4. The van der Waals surface area contributed by atoms with E-state index < -0.39 is 0 Å². The highest BCUT2D eigenvalue weighted by molar-refractivity contribution is 6.34. The molecule has 4 heterocycles. The normalized spacial score (nSPS) is 19.2. The van der Waals surface area contributed by atoms with E-state index in [4.69, 9.17) is 28.3 Å². The van der Waals surface area contributed by atoms with Crippen molar-refractivity contribution in [3.05, 3.63) is 82.0 Å². The maximum atomic E-state index is 13.9. The third-order valence-electron chi connectivity index (χ3n) is 6.91. The first-order valence-corrected chi connectivity index (χ1v) is 12.1. The number of carbonyl (C=O) groups excluding carboxylic acids is 1. The van der Waals surface area contributed by atoms with Gasteiger partial charge in [-0.05, 0) is 56.0 Å². The van der Waals surface area contributed by atoms with Gasteiger partial charge >= 0.3 is 0 Å². The fraction of sp³-hybridized carbons (Fsp3) is 0.280. The summed E-state index contributed by atoms with van der Waals surface area (Å²) in [5, 5.41) is 13.8. The molecule has 2 aromatic heterocycles. The van der Waals surface area contributed by atoms with Crippen LogP contribution in [0.2, 0.25) is 10.0 Å². The molecule has 0 unspecified atom stereocenters. The summed E-state index contributed by atoms with van der Waals surface area (Å²) >= 11 is 12.8. The Morgan fingerprint density at radius 3 is 2.68 bits per heavy atom. The van der Waals surface area contributed by atoms with E-state index >= 15 is 0 Å². The molecule has 172 valence electrons. The quantitative estimate of drug-likeness (QED) is 0.390. The molecule has 0 N–H and O–H groups in total. The monoisotopic (exact) mass is 492 g/mol. The Kier molecular flexibility index (Phi) is 5.19. The molecule has 0 radical (unpaired) electrons. The molecule has 2 aliphatic rings. The Balaban J connectivity index is 1.41. The average molecular weight is 493 g/mol. The molecule has 1 saturated heterocycles. The Morgan fingerprint density at radius 2 is 1.88 bits per heavy atom. The first-order valence-electron chi connectivity index (χ1n) is 11.3. The minimum atomic E-state index is -0.0798. The summed E-state index contributed by atoms with van der Waals surface area (Å²) < 4.78 is 3.69. The van der Waals surface area contributed by atoms with Crippen LogP contribution in [0.25, 0.3) is 16.9 Å². The second-order valence-electron chi connectivity index (χ2n) is 8.90. The molecule has 6 rings (SSSR count). The second-order valence-corrected chi connectivity index (χ2v) is 9.74. The van der Waals surface area contributed by atoms with Crippen molar-refractivity contribution in [3.8, 4) is 16.9 Å². The lowest BCUT2D eigenvalue weighted by Crippen LogP contribution is -2.50. The SMILES string of the molecule is Cn1nc2c(c1-c1cccc(Cl)c1)C[C@H]1CCC[C@@H]2N1C(=O)c1cc(-n2cnnc2)ccc1Cl. The number of benzene rings is 2. The molecular weight excluding hydrogens is 471 g/mol. The van der Waals surface area contributed by atoms with E-state index in [1.165, 1.54) is 5.56 Å². The van der Waals surface area contributed by atoms with Gasteiger partial charge in [0.25, 0.3) is 5.91 Å². The number of amides is 1. The van der Waals surface area contributed by atoms with Crippen LogP contribution in [0.3, 0.4) is 0 Å². The van der Waals surface area contributed by atoms with Crippen molar-refractivity contribution in [1.29, 1.82) is 0 Å². The van der Waals surface area contributed by atoms with Gasteiger partial charge in [-0.2, -0.15) is 5.10 Å². The number of aryl methyl sites for hydroxylation is 1. The summed E-state index contributed by atoms with van der Waals surface area (Å²) in [5.74, 6) is -0.0600. The van der Waals surface area contributed by atoms with Crippen molar-refractivity contribution in [2.24, 2.45) is 7.05 Å². The summed E-state index contributed by atoms with van der Waals surface area (Å²) in [4.78, 5) is 15.9. The number of rotatable bonds is 3. The van der Waals surface area contributed by atoms with Crippen molar-refractivity contribution in [3.63, 3.8) is 0 Å². The zero-order chi connectivity index (χ0) is 23.4. The van der Waals surface area contributed by atoms with Crippen LogP contribution in [0.15, 0.2) is 55.1 Å². The Hall–Kier alpha value is -3.16. The van der Waals surface area contributed by atoms with E-state index in [9.17, 15) is 4.79 Å². The smallest absolute Gasteiger partial charge is 0.256 e. The number of carbonyl (C=O) groups is 1. The van der Waals surface area contributed by atoms with Gasteiger partial charge in [-0.1, -0.05) is 35.3 Å². The summed E-state index contributed by atoms with van der Waals surface area (Å²) in [6, 6.07) is 13.3. The molecule has 34 heavy (non-hydrogen) atoms. The summed E-state index contributed by atoms with van der Waals surface area (Å²) in [6.45, 7) is 0. The standard InChI is InChI=1S/C25H22Cl2N6O/c1-31-24(15-4-2-5-16(26)10-15)20-12-18-6-3-7-22(23(20)30-31)33(18)25(34)19-11-17(8-9-21(19)27)32-13-28-29-14-32/h2,4-5,8-11,13-14,18,22H,3,6-7,12H2,1H3/t18-,22+/m1/s1. The number of nitrogens with zero attached hydrogens (tertiary/aromatic N) is 6. The molecule has 2 bridgehead atoms. The number of halogens is 2. The van der Waals surface area contributed by atoms with Crippen molar-refractivity contribution < 1.29 is 4.79 Å². The van der Waals surface area contributed by atoms with Gasteiger partial charge in [-0.3, -0.25) is 14.0 Å². The van der Waals surface area contributed by atoms with Gasteiger partial charge in [-0.15, -0.1) is 10.2 Å². The van der Waals surface area contributed by atoms with Gasteiger partial charge in [0.05, 0.1) is 28.0 Å². The summed E-state index contributed by atoms with van der Waals surface area (Å²) in [6.07, 6.45) is 6.86. The van der Waals surface area contributed by atoms with E-state index in [1.807, 2.05) is 47.0 Å². The Labute approximate surface area is 206 Å². The zero-order valence-electron chi connectivity index (χ0n) is 18.5. The number of piperidine rings is 1. The third-order valence-corrected chi connectivity index (χ3v) is 7.47. The maximum Gasteiger partial charge on any atom is 0.256 e. The molecule has 2 atom stereocenters. The molecular formula is C25H22Cl2N6O. The highest BCUT2D eigenvalue weighted by atomic mass is 35.5. The van der Waals surface area contributed by atoms with Crippen LogP contribution >= 0.6 is 23.2 Å².